The Morgan fingerprint density at radius 2 is 2.15 bits per heavy atom. The van der Waals surface area contributed by atoms with Crippen molar-refractivity contribution in [3.63, 3.8) is 0 Å². The summed E-state index contributed by atoms with van der Waals surface area (Å²) >= 11 is 3.18. The summed E-state index contributed by atoms with van der Waals surface area (Å²) in [7, 11) is 2.02. The van der Waals surface area contributed by atoms with E-state index in [2.05, 4.69) is 27.8 Å². The van der Waals surface area contributed by atoms with Gasteiger partial charge in [0.25, 0.3) is 11.6 Å². The third-order valence-electron chi connectivity index (χ3n) is 3.65. The number of hydrogen-bond donors (Lipinski definition) is 0. The molecule has 0 bridgehead atoms. The first-order valence-corrected chi connectivity index (χ1v) is 7.13. The molecule has 20 heavy (non-hydrogen) atoms. The number of benzene rings is 1. The quantitative estimate of drug-likeness (QED) is 0.610. The number of nitro benzene ring substituents is 1. The second-order valence-corrected chi connectivity index (χ2v) is 5.77. The zero-order valence-electron chi connectivity index (χ0n) is 11.4. The normalized spacial score (nSPS) is 19.9. The lowest BCUT2D eigenvalue weighted by Crippen LogP contribution is -2.52. The van der Waals surface area contributed by atoms with Gasteiger partial charge in [0.05, 0.1) is 10.5 Å². The molecule has 2 rings (SSSR count). The van der Waals surface area contributed by atoms with Gasteiger partial charge in [-0.25, -0.2) is 0 Å². The number of nitro groups is 1. The highest BCUT2D eigenvalue weighted by molar-refractivity contribution is 9.10. The minimum absolute atomic E-state index is 0.0852. The Morgan fingerprint density at radius 1 is 1.45 bits per heavy atom. The van der Waals surface area contributed by atoms with Crippen LogP contribution in [0.5, 0.6) is 0 Å². The van der Waals surface area contributed by atoms with Crippen LogP contribution < -0.4 is 0 Å². The molecule has 1 aliphatic rings. The standard InChI is InChI=1S/C13H16BrN3O3/c1-9-8-16(7-6-15(9)2)13(18)10-4-3-5-11(12(10)14)17(19)20/h3-5,9H,6-8H2,1-2H3. The Labute approximate surface area is 125 Å². The molecule has 6 nitrogen and oxygen atoms in total. The molecule has 1 heterocycles. The smallest absolute Gasteiger partial charge is 0.284 e. The number of nitrogens with zero attached hydrogens (tertiary/aromatic N) is 3. The topological polar surface area (TPSA) is 66.7 Å². The summed E-state index contributed by atoms with van der Waals surface area (Å²) in [5, 5.41) is 10.9. The van der Waals surface area contributed by atoms with Crippen LogP contribution in [0.15, 0.2) is 22.7 Å². The Bertz CT molecular complexity index is 550. The van der Waals surface area contributed by atoms with E-state index < -0.39 is 4.92 Å². The van der Waals surface area contributed by atoms with Crippen molar-refractivity contribution < 1.29 is 9.72 Å². The van der Waals surface area contributed by atoms with Crippen LogP contribution >= 0.6 is 15.9 Å². The van der Waals surface area contributed by atoms with Crippen LogP contribution in [0.1, 0.15) is 17.3 Å². The second kappa shape index (κ2) is 5.88. The van der Waals surface area contributed by atoms with Crippen LogP contribution in [-0.2, 0) is 0 Å². The minimum Gasteiger partial charge on any atom is -0.336 e. The van der Waals surface area contributed by atoms with E-state index in [1.807, 2.05) is 7.05 Å². The number of amides is 1. The van der Waals surface area contributed by atoms with Gasteiger partial charge in [0.2, 0.25) is 0 Å². The first-order valence-electron chi connectivity index (χ1n) is 6.34. The van der Waals surface area contributed by atoms with Crippen molar-refractivity contribution in [3.05, 3.63) is 38.3 Å². The number of rotatable bonds is 2. The second-order valence-electron chi connectivity index (χ2n) is 4.98. The molecule has 0 spiro atoms. The van der Waals surface area contributed by atoms with E-state index >= 15 is 0 Å². The maximum atomic E-state index is 12.5. The first kappa shape index (κ1) is 14.9. The summed E-state index contributed by atoms with van der Waals surface area (Å²) in [6, 6.07) is 4.82. The third kappa shape index (κ3) is 2.83. The molecule has 0 aromatic heterocycles. The van der Waals surface area contributed by atoms with Crippen LogP contribution in [0.3, 0.4) is 0 Å². The summed E-state index contributed by atoms with van der Waals surface area (Å²) in [6.45, 7) is 4.13. The number of likely N-dealkylation sites (N-methyl/N-ethyl adjacent to an activating group) is 1. The molecule has 0 N–H and O–H groups in total. The molecule has 1 fully saturated rings. The van der Waals surface area contributed by atoms with Gasteiger partial charge in [0, 0.05) is 31.7 Å². The van der Waals surface area contributed by atoms with Gasteiger partial charge in [-0.05, 0) is 36.0 Å². The third-order valence-corrected chi connectivity index (χ3v) is 4.49. The van der Waals surface area contributed by atoms with Crippen molar-refractivity contribution in [2.75, 3.05) is 26.7 Å². The summed E-state index contributed by atoms with van der Waals surface area (Å²) in [5.41, 5.74) is 0.258. The van der Waals surface area contributed by atoms with Gasteiger partial charge in [0.15, 0.2) is 0 Å². The van der Waals surface area contributed by atoms with Crippen molar-refractivity contribution in [2.24, 2.45) is 0 Å². The molecule has 1 aromatic rings. The fraction of sp³-hybridized carbons (Fsp3) is 0.462. The van der Waals surface area contributed by atoms with E-state index in [0.717, 1.165) is 6.54 Å². The van der Waals surface area contributed by atoms with E-state index in [9.17, 15) is 14.9 Å². The molecule has 0 aliphatic carbocycles. The number of carbonyl (C=O) groups is 1. The lowest BCUT2D eigenvalue weighted by molar-refractivity contribution is -0.385. The van der Waals surface area contributed by atoms with Crippen molar-refractivity contribution in [1.82, 2.24) is 9.80 Å². The van der Waals surface area contributed by atoms with Gasteiger partial charge < -0.3 is 9.80 Å². The average molecular weight is 342 g/mol. The van der Waals surface area contributed by atoms with E-state index in [0.29, 0.717) is 18.7 Å². The van der Waals surface area contributed by atoms with E-state index in [1.54, 1.807) is 11.0 Å². The summed E-state index contributed by atoms with van der Waals surface area (Å²) in [4.78, 5) is 26.9. The van der Waals surface area contributed by atoms with Crippen LogP contribution in [0, 0.1) is 10.1 Å². The highest BCUT2D eigenvalue weighted by Crippen LogP contribution is 2.29. The molecule has 7 heteroatoms. The zero-order chi connectivity index (χ0) is 14.9. The molecule has 0 saturated carbocycles. The fourth-order valence-electron chi connectivity index (χ4n) is 2.23. The molecule has 0 radical (unpaired) electrons. The highest BCUT2D eigenvalue weighted by Gasteiger charge is 2.28. The van der Waals surface area contributed by atoms with Crippen LogP contribution in [-0.4, -0.2) is 53.4 Å². The molecule has 1 saturated heterocycles. The Morgan fingerprint density at radius 3 is 2.75 bits per heavy atom. The molecule has 1 amide bonds. The van der Waals surface area contributed by atoms with Crippen molar-refractivity contribution in [3.8, 4) is 0 Å². The molecular formula is C13H16BrN3O3. The predicted octanol–water partition coefficient (Wildman–Crippen LogP) is 2.13. The molecular weight excluding hydrogens is 326 g/mol. The molecule has 108 valence electrons. The molecule has 1 unspecified atom stereocenters. The van der Waals surface area contributed by atoms with Crippen LogP contribution in [0.25, 0.3) is 0 Å². The van der Waals surface area contributed by atoms with E-state index in [1.165, 1.54) is 12.1 Å². The Hall–Kier alpha value is -1.47. The SMILES string of the molecule is CC1CN(C(=O)c2cccc([N+](=O)[O-])c2Br)CCN1C. The maximum Gasteiger partial charge on any atom is 0.284 e. The molecule has 1 atom stereocenters. The van der Waals surface area contributed by atoms with Gasteiger partial charge >= 0.3 is 0 Å². The van der Waals surface area contributed by atoms with Crippen LogP contribution in [0.4, 0.5) is 5.69 Å². The average Bonchev–Trinajstić information content (AvgIpc) is 2.41. The molecule has 1 aliphatic heterocycles. The minimum atomic E-state index is -0.493. The van der Waals surface area contributed by atoms with Crippen molar-refractivity contribution >= 4 is 27.5 Å². The van der Waals surface area contributed by atoms with E-state index in [-0.39, 0.29) is 22.1 Å². The zero-order valence-corrected chi connectivity index (χ0v) is 13.0. The highest BCUT2D eigenvalue weighted by atomic mass is 79.9. The summed E-state index contributed by atoms with van der Waals surface area (Å²) < 4.78 is 0.251. The lowest BCUT2D eigenvalue weighted by atomic mass is 10.1. The van der Waals surface area contributed by atoms with Gasteiger partial charge in [-0.2, -0.15) is 0 Å². The van der Waals surface area contributed by atoms with Crippen LogP contribution in [0.2, 0.25) is 0 Å². The fourth-order valence-corrected chi connectivity index (χ4v) is 2.81. The van der Waals surface area contributed by atoms with Gasteiger partial charge in [-0.1, -0.05) is 6.07 Å². The monoisotopic (exact) mass is 341 g/mol. The molecule has 1 aromatic carbocycles. The largest absolute Gasteiger partial charge is 0.336 e. The number of piperazine rings is 1. The number of hydrogen-bond acceptors (Lipinski definition) is 4. The predicted molar refractivity (Wildman–Crippen MR) is 78.8 cm³/mol. The van der Waals surface area contributed by atoms with E-state index in [4.69, 9.17) is 0 Å². The van der Waals surface area contributed by atoms with Gasteiger partial charge in [0.1, 0.15) is 4.47 Å². The Balaban J connectivity index is 2.26. The maximum absolute atomic E-state index is 12.5. The van der Waals surface area contributed by atoms with Gasteiger partial charge in [-0.3, -0.25) is 14.9 Å². The van der Waals surface area contributed by atoms with Crippen molar-refractivity contribution in [1.29, 1.82) is 0 Å². The summed E-state index contributed by atoms with van der Waals surface area (Å²) in [5.74, 6) is -0.166. The number of halogens is 1. The summed E-state index contributed by atoms with van der Waals surface area (Å²) in [6.07, 6.45) is 0. The number of carbonyl (C=O) groups excluding carboxylic acids is 1. The Kier molecular flexibility index (Phi) is 4.39. The lowest BCUT2D eigenvalue weighted by Gasteiger charge is -2.37. The van der Waals surface area contributed by atoms with Gasteiger partial charge in [-0.15, -0.1) is 0 Å². The first-order chi connectivity index (χ1) is 9.41. The van der Waals surface area contributed by atoms with Crippen molar-refractivity contribution in [2.45, 2.75) is 13.0 Å².